The number of carbonyl (C=O) groups is 2. The third-order valence-corrected chi connectivity index (χ3v) is 17.6. The highest BCUT2D eigenvalue weighted by atomic mass is 16.1. The summed E-state index contributed by atoms with van der Waals surface area (Å²) >= 11 is 0. The van der Waals surface area contributed by atoms with E-state index in [0.29, 0.717) is 22.3 Å². The van der Waals surface area contributed by atoms with Gasteiger partial charge in [-0.3, -0.25) is 9.59 Å². The van der Waals surface area contributed by atoms with Gasteiger partial charge in [-0.15, -0.1) is 0 Å². The maximum atomic E-state index is 14.2. The predicted octanol–water partition coefficient (Wildman–Crippen LogP) is 20.2. The SMILES string of the molecule is CCCCCCCCC1(C)c2ccccc2-c2cc3c(cc21)-c1ccccc1C3(c1ccc(-c2cccc(C(=O)c3cccc(-c4ccccc4)c3)c2)cc1)c1ccc(-c2cccc(C(=O)c3cccc(-c4ccccc4)c3)c2)cc1. The molecule has 2 aliphatic carbocycles. The van der Waals surface area contributed by atoms with Crippen LogP contribution in [0.5, 0.6) is 0 Å². The van der Waals surface area contributed by atoms with Gasteiger partial charge in [0.1, 0.15) is 0 Å². The van der Waals surface area contributed by atoms with Crippen molar-refractivity contribution < 1.29 is 9.59 Å². The van der Waals surface area contributed by atoms with Crippen LogP contribution in [0.2, 0.25) is 0 Å². The van der Waals surface area contributed by atoms with Crippen molar-refractivity contribution in [3.8, 4) is 66.8 Å². The molecular weight excluding hydrogens is 981 g/mol. The highest BCUT2D eigenvalue weighted by Crippen LogP contribution is 2.61. The van der Waals surface area contributed by atoms with Crippen molar-refractivity contribution in [2.24, 2.45) is 0 Å². The summed E-state index contributed by atoms with van der Waals surface area (Å²) in [5.74, 6) is -0.00566. The molecular formula is C79H64O2. The Balaban J connectivity index is 0.909. The van der Waals surface area contributed by atoms with E-state index in [1.807, 2.05) is 109 Å². The Kier molecular flexibility index (Phi) is 13.8. The van der Waals surface area contributed by atoms with E-state index in [1.165, 1.54) is 94.2 Å². The highest BCUT2D eigenvalue weighted by molar-refractivity contribution is 6.11. The zero-order valence-electron chi connectivity index (χ0n) is 46.2. The summed E-state index contributed by atoms with van der Waals surface area (Å²) in [5, 5.41) is 0. The lowest BCUT2D eigenvalue weighted by Gasteiger charge is -2.35. The molecule has 0 fully saturated rings. The first-order valence-corrected chi connectivity index (χ1v) is 29.0. The molecule has 0 N–H and O–H groups in total. The predicted molar refractivity (Wildman–Crippen MR) is 335 cm³/mol. The Bertz CT molecular complexity index is 3950. The number of benzene rings is 11. The molecule has 0 saturated heterocycles. The topological polar surface area (TPSA) is 34.1 Å². The largest absolute Gasteiger partial charge is 0.289 e. The van der Waals surface area contributed by atoms with E-state index in [-0.39, 0.29) is 17.0 Å². The third kappa shape index (κ3) is 9.29. The van der Waals surface area contributed by atoms with Crippen molar-refractivity contribution in [1.82, 2.24) is 0 Å². The molecule has 0 aliphatic heterocycles. The van der Waals surface area contributed by atoms with Crippen LogP contribution in [0.25, 0.3) is 66.8 Å². The van der Waals surface area contributed by atoms with Crippen LogP contribution in [0.1, 0.15) is 124 Å². The lowest BCUT2D eigenvalue weighted by Crippen LogP contribution is -2.28. The fourth-order valence-electron chi connectivity index (χ4n) is 13.4. The van der Waals surface area contributed by atoms with Gasteiger partial charge in [0.2, 0.25) is 0 Å². The zero-order valence-corrected chi connectivity index (χ0v) is 46.2. The van der Waals surface area contributed by atoms with Crippen LogP contribution in [0.3, 0.4) is 0 Å². The van der Waals surface area contributed by atoms with Gasteiger partial charge in [-0.25, -0.2) is 0 Å². The molecule has 0 aromatic heterocycles. The summed E-state index contributed by atoms with van der Waals surface area (Å²) in [6.45, 7) is 4.79. The highest BCUT2D eigenvalue weighted by Gasteiger charge is 2.49. The summed E-state index contributed by atoms with van der Waals surface area (Å²) in [6.07, 6.45) is 8.71. The van der Waals surface area contributed by atoms with Crippen LogP contribution < -0.4 is 0 Å². The average Bonchev–Trinajstić information content (AvgIpc) is 2.53. The van der Waals surface area contributed by atoms with E-state index in [1.54, 1.807) is 0 Å². The van der Waals surface area contributed by atoms with Crippen molar-refractivity contribution in [2.75, 3.05) is 0 Å². The van der Waals surface area contributed by atoms with Crippen LogP contribution in [0.4, 0.5) is 0 Å². The summed E-state index contributed by atoms with van der Waals surface area (Å²) in [6, 6.07) is 94.0. The molecule has 81 heavy (non-hydrogen) atoms. The molecule has 11 aromatic carbocycles. The van der Waals surface area contributed by atoms with Gasteiger partial charge in [0.25, 0.3) is 0 Å². The van der Waals surface area contributed by atoms with Gasteiger partial charge in [0, 0.05) is 27.7 Å². The molecule has 392 valence electrons. The Hall–Kier alpha value is -9.24. The van der Waals surface area contributed by atoms with E-state index >= 15 is 0 Å². The maximum Gasteiger partial charge on any atom is 0.193 e. The first-order chi connectivity index (χ1) is 39.8. The normalized spacial score (nSPS) is 14.4. The lowest BCUT2D eigenvalue weighted by atomic mass is 9.67. The van der Waals surface area contributed by atoms with Crippen LogP contribution >= 0.6 is 0 Å². The molecule has 0 saturated carbocycles. The molecule has 0 amide bonds. The van der Waals surface area contributed by atoms with Crippen molar-refractivity contribution in [3.63, 3.8) is 0 Å². The minimum absolute atomic E-state index is 0.00283. The number of hydrogen-bond acceptors (Lipinski definition) is 2. The molecule has 2 heteroatoms. The Labute approximate surface area is 477 Å². The van der Waals surface area contributed by atoms with Gasteiger partial charge in [-0.05, 0) is 143 Å². The van der Waals surface area contributed by atoms with E-state index in [2.05, 4.69) is 172 Å². The number of rotatable bonds is 17. The quantitative estimate of drug-likeness (QED) is 0.0673. The van der Waals surface area contributed by atoms with Crippen LogP contribution in [-0.4, -0.2) is 11.6 Å². The van der Waals surface area contributed by atoms with Crippen LogP contribution in [-0.2, 0) is 10.8 Å². The van der Waals surface area contributed by atoms with Crippen LogP contribution in [0, 0.1) is 0 Å². The molecule has 1 unspecified atom stereocenters. The Morgan fingerprint density at radius 1 is 0.296 bits per heavy atom. The summed E-state index contributed by atoms with van der Waals surface area (Å²) < 4.78 is 0. The summed E-state index contributed by atoms with van der Waals surface area (Å²) in [5.41, 5.74) is 23.0. The first-order valence-electron chi connectivity index (χ1n) is 29.0. The van der Waals surface area contributed by atoms with Crippen molar-refractivity contribution in [3.05, 3.63) is 323 Å². The van der Waals surface area contributed by atoms with Gasteiger partial charge in [-0.2, -0.15) is 0 Å². The number of fused-ring (bicyclic) bond motifs is 6. The van der Waals surface area contributed by atoms with Gasteiger partial charge in [0.05, 0.1) is 5.41 Å². The average molecular weight is 1050 g/mol. The minimum Gasteiger partial charge on any atom is -0.289 e. The molecule has 2 nitrogen and oxygen atoms in total. The van der Waals surface area contributed by atoms with Gasteiger partial charge < -0.3 is 0 Å². The summed E-state index contributed by atoms with van der Waals surface area (Å²) in [7, 11) is 0. The molecule has 0 bridgehead atoms. The number of hydrogen-bond donors (Lipinski definition) is 0. The van der Waals surface area contributed by atoms with Gasteiger partial charge in [-0.1, -0.05) is 283 Å². The minimum atomic E-state index is -0.686. The Morgan fingerprint density at radius 3 is 1.12 bits per heavy atom. The fourth-order valence-corrected chi connectivity index (χ4v) is 13.4. The van der Waals surface area contributed by atoms with E-state index in [0.717, 1.165) is 50.9 Å². The van der Waals surface area contributed by atoms with E-state index < -0.39 is 5.41 Å². The number of ketones is 2. The van der Waals surface area contributed by atoms with E-state index in [4.69, 9.17) is 0 Å². The van der Waals surface area contributed by atoms with Crippen molar-refractivity contribution in [1.29, 1.82) is 0 Å². The maximum absolute atomic E-state index is 14.2. The second kappa shape index (κ2) is 21.8. The number of carbonyl (C=O) groups excluding carboxylic acids is 2. The first kappa shape index (κ1) is 51.2. The second-order valence-corrected chi connectivity index (χ2v) is 22.5. The lowest BCUT2D eigenvalue weighted by molar-refractivity contribution is 0.103. The zero-order chi connectivity index (χ0) is 54.9. The van der Waals surface area contributed by atoms with Crippen molar-refractivity contribution in [2.45, 2.75) is 69.6 Å². The standard InChI is InChI=1S/C79H64O2/c1-3-4-5-6-7-18-47-78(2)72-37-16-14-35-68(72)70-53-75-71(52-74(70)78)69-36-15-17-38-73(69)79(75,66-43-39-56(40-44-66)60-29-21-33-64(50-60)76(80)62-31-19-27-58(48-62)54-23-10-8-11-24-54)67-45-41-57(42-46-67)61-30-22-34-65(51-61)77(81)63-32-20-28-59(49-63)55-25-12-9-13-26-55/h8-17,19-46,48-53H,3-7,18,47H2,1-2H3. The molecule has 11 aromatic rings. The second-order valence-electron chi connectivity index (χ2n) is 22.5. The molecule has 1 atom stereocenters. The number of unbranched alkanes of at least 4 members (excludes halogenated alkanes) is 5. The molecule has 0 heterocycles. The monoisotopic (exact) mass is 1040 g/mol. The molecule has 0 radical (unpaired) electrons. The molecule has 0 spiro atoms. The fraction of sp³-hybridized carbons (Fsp3) is 0.139. The summed E-state index contributed by atoms with van der Waals surface area (Å²) in [4.78, 5) is 28.5. The van der Waals surface area contributed by atoms with E-state index in [9.17, 15) is 9.59 Å². The molecule has 2 aliphatic rings. The van der Waals surface area contributed by atoms with Crippen molar-refractivity contribution >= 4 is 11.6 Å². The van der Waals surface area contributed by atoms with Gasteiger partial charge >= 0.3 is 0 Å². The Morgan fingerprint density at radius 2 is 0.654 bits per heavy atom. The third-order valence-electron chi connectivity index (χ3n) is 17.6. The molecule has 13 rings (SSSR count). The van der Waals surface area contributed by atoms with Gasteiger partial charge in [0.15, 0.2) is 11.6 Å². The van der Waals surface area contributed by atoms with Crippen LogP contribution in [0.15, 0.2) is 267 Å². The smallest absolute Gasteiger partial charge is 0.193 e.